The van der Waals surface area contributed by atoms with Gasteiger partial charge >= 0.3 is 0 Å². The number of halogens is 1. The van der Waals surface area contributed by atoms with E-state index in [-0.39, 0.29) is 5.82 Å². The lowest BCUT2D eigenvalue weighted by atomic mass is 10.1. The second-order valence-corrected chi connectivity index (χ2v) is 6.19. The number of nitrogens with zero attached hydrogens (tertiary/aromatic N) is 1. The van der Waals surface area contributed by atoms with Gasteiger partial charge in [0.2, 0.25) is 0 Å². The first kappa shape index (κ1) is 18.0. The first-order chi connectivity index (χ1) is 12.8. The molecule has 0 aliphatic heterocycles. The number of fused-ring (bicyclic) bond motifs is 1. The van der Waals surface area contributed by atoms with Gasteiger partial charge in [-0.3, -0.25) is 0 Å². The fourth-order valence-corrected chi connectivity index (χ4v) is 2.91. The van der Waals surface area contributed by atoms with Crippen LogP contribution in [-0.2, 0) is 13.0 Å². The molecular weight excluding hydrogens is 329 g/mol. The maximum absolute atomic E-state index is 13.2. The first-order valence-corrected chi connectivity index (χ1v) is 8.81. The Labute approximate surface area is 152 Å². The number of H-pyrrole nitrogens is 1. The number of aromatic amines is 1. The second kappa shape index (κ2) is 9.02. The molecule has 0 radical (unpaired) electrons. The summed E-state index contributed by atoms with van der Waals surface area (Å²) >= 11 is 0. The van der Waals surface area contributed by atoms with E-state index < -0.39 is 0 Å². The van der Waals surface area contributed by atoms with Crippen LogP contribution in [0, 0.1) is 17.1 Å². The minimum atomic E-state index is -0.223. The lowest BCUT2D eigenvalue weighted by Gasteiger charge is -2.08. The number of nitriles is 1. The molecule has 4 nitrogen and oxygen atoms in total. The number of aromatic nitrogens is 1. The number of hydrogen-bond donors (Lipinski definition) is 2. The summed E-state index contributed by atoms with van der Waals surface area (Å²) in [5.74, 6) is 0.611. The average molecular weight is 351 g/mol. The Bertz CT molecular complexity index is 898. The summed E-state index contributed by atoms with van der Waals surface area (Å²) < 4.78 is 18.9. The van der Waals surface area contributed by atoms with Crippen molar-refractivity contribution in [2.24, 2.45) is 0 Å². The second-order valence-electron chi connectivity index (χ2n) is 6.19. The molecule has 134 valence electrons. The lowest BCUT2D eigenvalue weighted by molar-refractivity contribution is 0.312. The molecule has 26 heavy (non-hydrogen) atoms. The van der Waals surface area contributed by atoms with E-state index in [1.54, 1.807) is 0 Å². The highest BCUT2D eigenvalue weighted by atomic mass is 19.1. The van der Waals surface area contributed by atoms with Gasteiger partial charge in [0.05, 0.1) is 12.7 Å². The molecule has 3 aromatic rings. The molecule has 0 unspecified atom stereocenters. The molecule has 1 aromatic heterocycles. The Morgan fingerprint density at radius 3 is 3.00 bits per heavy atom. The van der Waals surface area contributed by atoms with Gasteiger partial charge in [-0.15, -0.1) is 0 Å². The number of hydrogen-bond acceptors (Lipinski definition) is 3. The summed E-state index contributed by atoms with van der Waals surface area (Å²) in [5, 5.41) is 13.0. The largest absolute Gasteiger partial charge is 0.494 e. The van der Waals surface area contributed by atoms with Gasteiger partial charge in [-0.25, -0.2) is 4.39 Å². The van der Waals surface area contributed by atoms with E-state index in [9.17, 15) is 4.39 Å². The summed E-state index contributed by atoms with van der Waals surface area (Å²) in [5.41, 5.74) is 3.17. The van der Waals surface area contributed by atoms with Crippen molar-refractivity contribution in [2.45, 2.75) is 25.8 Å². The zero-order valence-corrected chi connectivity index (χ0v) is 14.6. The van der Waals surface area contributed by atoms with Crippen molar-refractivity contribution in [3.05, 3.63) is 65.6 Å². The SMILES string of the molecule is N#CCCCOc1cccc(CNCCc2c[nH]c3cc(F)ccc23)c1. The third-order valence-corrected chi connectivity index (χ3v) is 4.23. The van der Waals surface area contributed by atoms with E-state index in [1.165, 1.54) is 17.7 Å². The molecular formula is C21H22FN3O. The molecule has 5 heteroatoms. The van der Waals surface area contributed by atoms with Crippen LogP contribution in [-0.4, -0.2) is 18.1 Å². The van der Waals surface area contributed by atoms with Crippen molar-refractivity contribution < 1.29 is 9.13 Å². The maximum atomic E-state index is 13.2. The minimum absolute atomic E-state index is 0.223. The maximum Gasteiger partial charge on any atom is 0.125 e. The lowest BCUT2D eigenvalue weighted by Crippen LogP contribution is -2.16. The van der Waals surface area contributed by atoms with E-state index in [0.717, 1.165) is 48.1 Å². The van der Waals surface area contributed by atoms with Crippen LogP contribution in [0.5, 0.6) is 5.75 Å². The van der Waals surface area contributed by atoms with Crippen molar-refractivity contribution in [2.75, 3.05) is 13.2 Å². The van der Waals surface area contributed by atoms with Crippen LogP contribution in [0.2, 0.25) is 0 Å². The van der Waals surface area contributed by atoms with E-state index in [4.69, 9.17) is 10.00 Å². The zero-order valence-electron chi connectivity index (χ0n) is 14.6. The summed E-state index contributed by atoms with van der Waals surface area (Å²) in [6.45, 7) is 2.15. The van der Waals surface area contributed by atoms with Gasteiger partial charge in [-0.1, -0.05) is 12.1 Å². The predicted molar refractivity (Wildman–Crippen MR) is 100 cm³/mol. The summed E-state index contributed by atoms with van der Waals surface area (Å²) in [6, 6.07) is 14.9. The third kappa shape index (κ3) is 4.84. The summed E-state index contributed by atoms with van der Waals surface area (Å²) in [7, 11) is 0. The first-order valence-electron chi connectivity index (χ1n) is 8.81. The molecule has 2 aromatic carbocycles. The topological polar surface area (TPSA) is 60.8 Å². The van der Waals surface area contributed by atoms with Gasteiger partial charge in [-0.2, -0.15) is 5.26 Å². The number of benzene rings is 2. The summed E-state index contributed by atoms with van der Waals surface area (Å²) in [4.78, 5) is 3.12. The Balaban J connectivity index is 1.46. The van der Waals surface area contributed by atoms with Crippen LogP contribution in [0.3, 0.4) is 0 Å². The van der Waals surface area contributed by atoms with Gasteiger partial charge in [0.1, 0.15) is 11.6 Å². The molecule has 0 bridgehead atoms. The van der Waals surface area contributed by atoms with Crippen LogP contribution in [0.25, 0.3) is 10.9 Å². The predicted octanol–water partition coefficient (Wildman–Crippen LogP) is 4.32. The average Bonchev–Trinajstić information content (AvgIpc) is 3.05. The quantitative estimate of drug-likeness (QED) is 0.564. The monoisotopic (exact) mass is 351 g/mol. The van der Waals surface area contributed by atoms with Gasteiger partial charge in [-0.05, 0) is 60.8 Å². The van der Waals surface area contributed by atoms with E-state index >= 15 is 0 Å². The highest BCUT2D eigenvalue weighted by molar-refractivity contribution is 5.83. The molecule has 1 heterocycles. The molecule has 3 rings (SSSR count). The van der Waals surface area contributed by atoms with Crippen LogP contribution in [0.15, 0.2) is 48.7 Å². The molecule has 0 amide bonds. The normalized spacial score (nSPS) is 10.8. The summed E-state index contributed by atoms with van der Waals surface area (Å²) in [6.07, 6.45) is 4.08. The van der Waals surface area contributed by atoms with Crippen LogP contribution < -0.4 is 10.1 Å². The fraction of sp³-hybridized carbons (Fsp3) is 0.286. The van der Waals surface area contributed by atoms with Crippen molar-refractivity contribution in [1.29, 1.82) is 5.26 Å². The fourth-order valence-electron chi connectivity index (χ4n) is 2.91. The molecule has 2 N–H and O–H groups in total. The van der Waals surface area contributed by atoms with Gasteiger partial charge in [0.25, 0.3) is 0 Å². The molecule has 0 aliphatic rings. The van der Waals surface area contributed by atoms with E-state index in [2.05, 4.69) is 22.4 Å². The molecule has 0 aliphatic carbocycles. The molecule has 0 atom stereocenters. The Kier molecular flexibility index (Phi) is 6.24. The minimum Gasteiger partial charge on any atom is -0.494 e. The van der Waals surface area contributed by atoms with Gasteiger partial charge in [0, 0.05) is 30.1 Å². The third-order valence-electron chi connectivity index (χ3n) is 4.23. The van der Waals surface area contributed by atoms with Gasteiger partial charge < -0.3 is 15.0 Å². The standard InChI is InChI=1S/C21H22FN3O/c22-18-6-7-20-17(15-25-21(20)13-18)8-10-24-14-16-4-3-5-19(12-16)26-11-2-1-9-23/h3-7,12-13,15,24-25H,1-2,8,10-11,14H2. The van der Waals surface area contributed by atoms with Crippen molar-refractivity contribution in [3.8, 4) is 11.8 Å². The number of unbranched alkanes of at least 4 members (excludes halogenated alkanes) is 1. The number of rotatable bonds is 9. The van der Waals surface area contributed by atoms with Crippen LogP contribution >= 0.6 is 0 Å². The van der Waals surface area contributed by atoms with Gasteiger partial charge in [0.15, 0.2) is 0 Å². The highest BCUT2D eigenvalue weighted by Crippen LogP contribution is 2.19. The van der Waals surface area contributed by atoms with Crippen molar-refractivity contribution in [3.63, 3.8) is 0 Å². The van der Waals surface area contributed by atoms with Crippen LogP contribution in [0.1, 0.15) is 24.0 Å². The van der Waals surface area contributed by atoms with Crippen LogP contribution in [0.4, 0.5) is 4.39 Å². The number of nitrogens with one attached hydrogen (secondary N) is 2. The smallest absolute Gasteiger partial charge is 0.125 e. The van der Waals surface area contributed by atoms with Crippen molar-refractivity contribution in [1.82, 2.24) is 10.3 Å². The Morgan fingerprint density at radius 2 is 2.12 bits per heavy atom. The Hall–Kier alpha value is -2.84. The molecule has 0 saturated carbocycles. The molecule has 0 saturated heterocycles. The molecule has 0 fully saturated rings. The van der Waals surface area contributed by atoms with E-state index in [1.807, 2.05) is 30.5 Å². The number of ether oxygens (including phenoxy) is 1. The molecule has 0 spiro atoms. The Morgan fingerprint density at radius 1 is 1.19 bits per heavy atom. The van der Waals surface area contributed by atoms with E-state index in [0.29, 0.717) is 13.0 Å². The van der Waals surface area contributed by atoms with Crippen molar-refractivity contribution >= 4 is 10.9 Å². The zero-order chi connectivity index (χ0) is 18.2. The highest BCUT2D eigenvalue weighted by Gasteiger charge is 2.04.